The number of para-hydroxylation sites is 1. The highest BCUT2D eigenvalue weighted by Crippen LogP contribution is 2.34. The number of rotatable bonds is 4. The highest BCUT2D eigenvalue weighted by atomic mass is 19.1. The average Bonchev–Trinajstić information content (AvgIpc) is 3.53. The molecule has 0 radical (unpaired) electrons. The summed E-state index contributed by atoms with van der Waals surface area (Å²) in [5.74, 6) is 0.0315. The minimum atomic E-state index is -0.367. The van der Waals surface area contributed by atoms with Crippen LogP contribution >= 0.6 is 0 Å². The van der Waals surface area contributed by atoms with Crippen LogP contribution in [0.15, 0.2) is 67.4 Å². The number of fused-ring (bicyclic) bond motifs is 2. The number of halogens is 1. The van der Waals surface area contributed by atoms with Gasteiger partial charge < -0.3 is 10.3 Å². The molecule has 2 N–H and O–H groups in total. The summed E-state index contributed by atoms with van der Waals surface area (Å²) in [5.41, 5.74) is 10.9. The van der Waals surface area contributed by atoms with E-state index in [2.05, 4.69) is 31.4 Å². The number of anilines is 1. The summed E-state index contributed by atoms with van der Waals surface area (Å²) in [6.45, 7) is 0.385. The highest BCUT2D eigenvalue weighted by Gasteiger charge is 2.17. The van der Waals surface area contributed by atoms with Crippen molar-refractivity contribution in [3.05, 3.63) is 78.9 Å². The van der Waals surface area contributed by atoms with E-state index in [9.17, 15) is 4.39 Å². The Labute approximate surface area is 186 Å². The fraction of sp³-hybridized carbons (Fsp3) is 0.0870. The van der Waals surface area contributed by atoms with Gasteiger partial charge in [0.25, 0.3) is 0 Å². The molecule has 6 rings (SSSR count). The van der Waals surface area contributed by atoms with Crippen LogP contribution in [-0.2, 0) is 13.6 Å². The van der Waals surface area contributed by atoms with Gasteiger partial charge in [-0.1, -0.05) is 23.4 Å². The predicted octanol–water partition coefficient (Wildman–Crippen LogP) is 3.34. The van der Waals surface area contributed by atoms with Gasteiger partial charge in [0.2, 0.25) is 0 Å². The van der Waals surface area contributed by atoms with E-state index in [1.165, 1.54) is 17.1 Å². The van der Waals surface area contributed by atoms with Crippen LogP contribution in [0.1, 0.15) is 5.69 Å². The molecule has 0 spiro atoms. The van der Waals surface area contributed by atoms with Crippen LogP contribution in [0.25, 0.3) is 38.8 Å². The Bertz CT molecular complexity index is 1640. The standard InChI is InChI=1S/C23H18FN9/c1-31-19-7-6-14(8-15(19)9-28-31)17-12-32(23-21(17)22(25)26-13-27-23)10-16-11-33(30-29-16)20-5-3-2-4-18(20)24/h2-9,11-13H,10H2,1H3,(H2,25,26,27). The smallest absolute Gasteiger partial charge is 0.148 e. The lowest BCUT2D eigenvalue weighted by atomic mass is 10.0. The number of hydrogen-bond acceptors (Lipinski definition) is 6. The van der Waals surface area contributed by atoms with Crippen molar-refractivity contribution in [3.8, 4) is 16.8 Å². The molecule has 2 aromatic carbocycles. The van der Waals surface area contributed by atoms with Crippen molar-refractivity contribution >= 4 is 27.8 Å². The van der Waals surface area contributed by atoms with Gasteiger partial charge in [-0.25, -0.2) is 19.0 Å². The van der Waals surface area contributed by atoms with Gasteiger partial charge in [-0.05, 0) is 29.8 Å². The van der Waals surface area contributed by atoms with Gasteiger partial charge in [0.05, 0.1) is 29.8 Å². The highest BCUT2D eigenvalue weighted by molar-refractivity contribution is 6.02. The fourth-order valence-electron chi connectivity index (χ4n) is 4.12. The molecule has 33 heavy (non-hydrogen) atoms. The van der Waals surface area contributed by atoms with Crippen molar-refractivity contribution in [2.75, 3.05) is 5.73 Å². The van der Waals surface area contributed by atoms with Gasteiger partial charge in [-0.15, -0.1) is 5.10 Å². The van der Waals surface area contributed by atoms with Crippen LogP contribution in [0.4, 0.5) is 10.2 Å². The molecule has 0 aliphatic carbocycles. The van der Waals surface area contributed by atoms with Crippen molar-refractivity contribution in [3.63, 3.8) is 0 Å². The molecule has 0 aliphatic heterocycles. The number of nitrogens with two attached hydrogens (primary N) is 1. The van der Waals surface area contributed by atoms with Gasteiger partial charge in [0.15, 0.2) is 0 Å². The second-order valence-electron chi connectivity index (χ2n) is 7.78. The van der Waals surface area contributed by atoms with Crippen LogP contribution in [0, 0.1) is 5.82 Å². The molecule has 0 fully saturated rings. The third-order valence-electron chi connectivity index (χ3n) is 5.71. The molecule has 0 saturated carbocycles. The molecule has 0 bridgehead atoms. The SMILES string of the molecule is Cn1ncc2cc(-c3cn(Cc4cn(-c5ccccc5F)nn4)c4ncnc(N)c34)ccc21. The quantitative estimate of drug-likeness (QED) is 0.452. The third-order valence-corrected chi connectivity index (χ3v) is 5.71. The van der Waals surface area contributed by atoms with Crippen molar-refractivity contribution in [2.24, 2.45) is 7.05 Å². The summed E-state index contributed by atoms with van der Waals surface area (Å²) in [4.78, 5) is 8.67. The van der Waals surface area contributed by atoms with Gasteiger partial charge in [-0.2, -0.15) is 5.10 Å². The average molecular weight is 439 g/mol. The normalized spacial score (nSPS) is 11.6. The van der Waals surface area contributed by atoms with E-state index in [0.717, 1.165) is 27.4 Å². The molecule has 0 aliphatic rings. The number of benzene rings is 2. The zero-order chi connectivity index (χ0) is 22.5. The zero-order valence-electron chi connectivity index (χ0n) is 17.6. The molecule has 0 amide bonds. The summed E-state index contributed by atoms with van der Waals surface area (Å²) in [6, 6.07) is 12.6. The maximum atomic E-state index is 14.1. The Hall–Kier alpha value is -4.60. The van der Waals surface area contributed by atoms with Crippen LogP contribution < -0.4 is 5.73 Å². The molecule has 0 saturated heterocycles. The summed E-state index contributed by atoms with van der Waals surface area (Å²) < 4.78 is 19.3. The van der Waals surface area contributed by atoms with Crippen molar-refractivity contribution < 1.29 is 4.39 Å². The second-order valence-corrected chi connectivity index (χ2v) is 7.78. The van der Waals surface area contributed by atoms with E-state index in [1.54, 1.807) is 24.4 Å². The molecule has 0 atom stereocenters. The van der Waals surface area contributed by atoms with Crippen molar-refractivity contribution in [1.29, 1.82) is 0 Å². The number of nitrogens with zero attached hydrogens (tertiary/aromatic N) is 8. The van der Waals surface area contributed by atoms with E-state index in [1.807, 2.05) is 40.8 Å². The van der Waals surface area contributed by atoms with E-state index in [-0.39, 0.29) is 5.82 Å². The van der Waals surface area contributed by atoms with Crippen LogP contribution in [0.3, 0.4) is 0 Å². The molecule has 6 aromatic rings. The van der Waals surface area contributed by atoms with E-state index < -0.39 is 0 Å². The van der Waals surface area contributed by atoms with Crippen LogP contribution in [0.5, 0.6) is 0 Å². The molecule has 10 heteroatoms. The lowest BCUT2D eigenvalue weighted by Crippen LogP contribution is -2.01. The predicted molar refractivity (Wildman–Crippen MR) is 122 cm³/mol. The summed E-state index contributed by atoms with van der Waals surface area (Å²) >= 11 is 0. The Morgan fingerprint density at radius 1 is 1.06 bits per heavy atom. The fourth-order valence-corrected chi connectivity index (χ4v) is 4.12. The molecule has 9 nitrogen and oxygen atoms in total. The minimum Gasteiger partial charge on any atom is -0.383 e. The Morgan fingerprint density at radius 2 is 1.94 bits per heavy atom. The summed E-state index contributed by atoms with van der Waals surface area (Å²) in [7, 11) is 1.91. The van der Waals surface area contributed by atoms with E-state index in [0.29, 0.717) is 29.4 Å². The van der Waals surface area contributed by atoms with Crippen LogP contribution in [-0.4, -0.2) is 39.3 Å². The first-order valence-electron chi connectivity index (χ1n) is 10.3. The maximum Gasteiger partial charge on any atom is 0.148 e. The number of hydrogen-bond donors (Lipinski definition) is 1. The lowest BCUT2D eigenvalue weighted by molar-refractivity contribution is 0.607. The Morgan fingerprint density at radius 3 is 2.82 bits per heavy atom. The first kappa shape index (κ1) is 19.1. The minimum absolute atomic E-state index is 0.339. The van der Waals surface area contributed by atoms with Gasteiger partial charge in [-0.3, -0.25) is 4.68 Å². The molecule has 4 heterocycles. The topological polar surface area (TPSA) is 105 Å². The molecular formula is C23H18FN9. The maximum absolute atomic E-state index is 14.1. The first-order valence-corrected chi connectivity index (χ1v) is 10.3. The zero-order valence-corrected chi connectivity index (χ0v) is 17.6. The van der Waals surface area contributed by atoms with Gasteiger partial charge in [0.1, 0.15) is 35.0 Å². The van der Waals surface area contributed by atoms with Crippen molar-refractivity contribution in [1.82, 2.24) is 39.3 Å². The Balaban J connectivity index is 1.44. The molecule has 4 aromatic heterocycles. The van der Waals surface area contributed by atoms with E-state index >= 15 is 0 Å². The Kier molecular flexibility index (Phi) is 4.19. The second kappa shape index (κ2) is 7.23. The molecule has 162 valence electrons. The number of nitrogen functional groups attached to an aromatic ring is 1. The van der Waals surface area contributed by atoms with E-state index in [4.69, 9.17) is 5.73 Å². The first-order chi connectivity index (χ1) is 16.1. The van der Waals surface area contributed by atoms with Gasteiger partial charge >= 0.3 is 0 Å². The third kappa shape index (κ3) is 3.11. The van der Waals surface area contributed by atoms with Gasteiger partial charge in [0, 0.05) is 24.2 Å². The number of aryl methyl sites for hydroxylation is 1. The monoisotopic (exact) mass is 439 g/mol. The molecular weight excluding hydrogens is 421 g/mol. The largest absolute Gasteiger partial charge is 0.383 e. The lowest BCUT2D eigenvalue weighted by Gasteiger charge is -2.02. The molecule has 0 unspecified atom stereocenters. The summed E-state index contributed by atoms with van der Waals surface area (Å²) in [5, 5.41) is 14.4. The van der Waals surface area contributed by atoms with Crippen molar-refractivity contribution in [2.45, 2.75) is 6.54 Å². The summed E-state index contributed by atoms with van der Waals surface area (Å²) in [6.07, 6.45) is 6.96. The number of aromatic nitrogens is 8. The van der Waals surface area contributed by atoms with Crippen LogP contribution in [0.2, 0.25) is 0 Å².